The minimum Gasteiger partial charge on any atom is -0.495 e. The molecule has 1 rings (SSSR count). The highest BCUT2D eigenvalue weighted by Crippen LogP contribution is 2.13. The largest absolute Gasteiger partial charge is 0.495 e. The number of thiocarbonyl (C=S) groups is 1. The molecule has 0 unspecified atom stereocenters. The summed E-state index contributed by atoms with van der Waals surface area (Å²) in [6, 6.07) is 3.97. The molecule has 0 atom stereocenters. The normalized spacial score (nSPS) is 9.47. The zero-order chi connectivity index (χ0) is 12.7. The molecule has 0 aliphatic carbocycles. The van der Waals surface area contributed by atoms with Crippen LogP contribution < -0.4 is 4.74 Å². The molecule has 6 heteroatoms. The van der Waals surface area contributed by atoms with Crippen LogP contribution in [0.2, 0.25) is 0 Å². The first-order valence-electron chi connectivity index (χ1n) is 5.00. The lowest BCUT2D eigenvalue weighted by molar-refractivity contribution is 0.407. The molecule has 0 aliphatic rings. The van der Waals surface area contributed by atoms with Gasteiger partial charge in [0, 0.05) is 19.3 Å². The average Bonchev–Trinajstić information content (AvgIpc) is 2.34. The van der Waals surface area contributed by atoms with Crippen LogP contribution in [0, 0.1) is 11.3 Å². The van der Waals surface area contributed by atoms with Crippen LogP contribution in [0.25, 0.3) is 0 Å². The van der Waals surface area contributed by atoms with E-state index in [0.717, 1.165) is 5.56 Å². The molecule has 17 heavy (non-hydrogen) atoms. The Kier molecular flexibility index (Phi) is 5.73. The van der Waals surface area contributed by atoms with E-state index in [2.05, 4.69) is 23.7 Å². The van der Waals surface area contributed by atoms with Crippen molar-refractivity contribution in [3.05, 3.63) is 24.0 Å². The predicted molar refractivity (Wildman–Crippen MR) is 73.0 cm³/mol. The van der Waals surface area contributed by atoms with E-state index in [4.69, 9.17) is 22.2 Å². The number of hydrogen-bond acceptors (Lipinski definition) is 4. The molecule has 90 valence electrons. The summed E-state index contributed by atoms with van der Waals surface area (Å²) in [4.78, 5) is 5.91. The van der Waals surface area contributed by atoms with Crippen LogP contribution in [-0.2, 0) is 6.54 Å². The molecular weight excluding hydrogens is 254 g/mol. The number of thiol groups is 1. The number of methoxy groups -OCH3 is 1. The summed E-state index contributed by atoms with van der Waals surface area (Å²) in [6.45, 7) is 1.14. The van der Waals surface area contributed by atoms with Crippen molar-refractivity contribution in [1.29, 1.82) is 5.26 Å². The monoisotopic (exact) mass is 267 g/mol. The molecule has 0 bridgehead atoms. The fraction of sp³-hybridized carbons (Fsp3) is 0.364. The van der Waals surface area contributed by atoms with E-state index in [1.54, 1.807) is 19.5 Å². The quantitative estimate of drug-likeness (QED) is 0.653. The Balaban J connectivity index is 2.71. The lowest BCUT2D eigenvalue weighted by Gasteiger charge is -2.21. The highest BCUT2D eigenvalue weighted by atomic mass is 32.1. The molecule has 4 nitrogen and oxygen atoms in total. The van der Waals surface area contributed by atoms with Crippen molar-refractivity contribution in [3.63, 3.8) is 0 Å². The fourth-order valence-electron chi connectivity index (χ4n) is 1.31. The average molecular weight is 267 g/mol. The minimum atomic E-state index is 0.415. The van der Waals surface area contributed by atoms with Gasteiger partial charge in [0.2, 0.25) is 0 Å². The summed E-state index contributed by atoms with van der Waals surface area (Å²) in [7, 11) is 1.59. The van der Waals surface area contributed by atoms with E-state index in [9.17, 15) is 0 Å². The Bertz CT molecular complexity index is 431. The summed E-state index contributed by atoms with van der Waals surface area (Å²) < 4.78 is 5.57. The summed E-state index contributed by atoms with van der Waals surface area (Å²) in [5, 5.41) is 8.57. The SMILES string of the molecule is COc1cncc(CN(CCC#N)C(=S)S)c1. The number of hydrogen-bond donors (Lipinski definition) is 1. The van der Waals surface area contributed by atoms with Gasteiger partial charge in [0.15, 0.2) is 0 Å². The van der Waals surface area contributed by atoms with E-state index < -0.39 is 0 Å². The van der Waals surface area contributed by atoms with Gasteiger partial charge in [-0.3, -0.25) is 4.98 Å². The molecule has 0 saturated carbocycles. The third kappa shape index (κ3) is 4.59. The summed E-state index contributed by atoms with van der Waals surface area (Å²) >= 11 is 9.16. The maximum atomic E-state index is 8.57. The van der Waals surface area contributed by atoms with Gasteiger partial charge in [0.1, 0.15) is 10.1 Å². The van der Waals surface area contributed by atoms with Gasteiger partial charge in [-0.1, -0.05) is 12.2 Å². The fourth-order valence-corrected chi connectivity index (χ4v) is 1.64. The third-order valence-electron chi connectivity index (χ3n) is 2.14. The first-order valence-corrected chi connectivity index (χ1v) is 5.85. The van der Waals surface area contributed by atoms with Gasteiger partial charge in [-0.2, -0.15) is 5.26 Å². The molecule has 0 aliphatic heterocycles. The predicted octanol–water partition coefficient (Wildman–Crippen LogP) is 2.02. The van der Waals surface area contributed by atoms with Gasteiger partial charge < -0.3 is 9.64 Å². The maximum Gasteiger partial charge on any atom is 0.137 e. The van der Waals surface area contributed by atoms with Crippen LogP contribution in [0.5, 0.6) is 5.75 Å². The smallest absolute Gasteiger partial charge is 0.137 e. The second-order valence-corrected chi connectivity index (χ2v) is 4.46. The Morgan fingerprint density at radius 3 is 3.00 bits per heavy atom. The topological polar surface area (TPSA) is 49.1 Å². The van der Waals surface area contributed by atoms with Gasteiger partial charge in [0.05, 0.1) is 25.8 Å². The van der Waals surface area contributed by atoms with Crippen molar-refractivity contribution in [2.24, 2.45) is 0 Å². The molecule has 0 aromatic carbocycles. The zero-order valence-electron chi connectivity index (χ0n) is 9.46. The zero-order valence-corrected chi connectivity index (χ0v) is 11.2. The molecule has 0 amide bonds. The second kappa shape index (κ2) is 7.09. The van der Waals surface area contributed by atoms with Crippen molar-refractivity contribution in [2.45, 2.75) is 13.0 Å². The molecule has 0 spiro atoms. The van der Waals surface area contributed by atoms with Crippen LogP contribution >= 0.6 is 24.8 Å². The maximum absolute atomic E-state index is 8.57. The van der Waals surface area contributed by atoms with E-state index in [-0.39, 0.29) is 0 Å². The lowest BCUT2D eigenvalue weighted by atomic mass is 10.2. The third-order valence-corrected chi connectivity index (χ3v) is 2.68. The molecule has 1 aromatic rings. The Morgan fingerprint density at radius 2 is 2.41 bits per heavy atom. The van der Waals surface area contributed by atoms with Gasteiger partial charge in [-0.25, -0.2) is 0 Å². The van der Waals surface area contributed by atoms with Crippen molar-refractivity contribution >= 4 is 29.2 Å². The van der Waals surface area contributed by atoms with Gasteiger partial charge in [0.25, 0.3) is 0 Å². The van der Waals surface area contributed by atoms with Crippen molar-refractivity contribution in [2.75, 3.05) is 13.7 Å². The lowest BCUT2D eigenvalue weighted by Crippen LogP contribution is -2.26. The Hall–Kier alpha value is -1.32. The minimum absolute atomic E-state index is 0.415. The number of ether oxygens (including phenoxy) is 1. The second-order valence-electron chi connectivity index (χ2n) is 3.35. The molecule has 0 radical (unpaired) electrons. The van der Waals surface area contributed by atoms with Crippen LogP contribution in [0.3, 0.4) is 0 Å². The molecule has 0 fully saturated rings. The van der Waals surface area contributed by atoms with Crippen LogP contribution in [0.15, 0.2) is 18.5 Å². The van der Waals surface area contributed by atoms with Crippen LogP contribution in [-0.4, -0.2) is 27.9 Å². The number of nitrogens with zero attached hydrogens (tertiary/aromatic N) is 3. The summed E-state index contributed by atoms with van der Waals surface area (Å²) in [5.41, 5.74) is 0.971. The number of aromatic nitrogens is 1. The van der Waals surface area contributed by atoms with E-state index in [1.165, 1.54) is 0 Å². The highest BCUT2D eigenvalue weighted by molar-refractivity contribution is 8.10. The summed E-state index contributed by atoms with van der Waals surface area (Å²) in [6.07, 6.45) is 3.80. The molecule has 0 saturated heterocycles. The van der Waals surface area contributed by atoms with Crippen LogP contribution in [0.1, 0.15) is 12.0 Å². The number of pyridine rings is 1. The Labute approximate surface area is 112 Å². The molecule has 1 heterocycles. The van der Waals surface area contributed by atoms with E-state index in [0.29, 0.717) is 29.6 Å². The molecule has 1 aromatic heterocycles. The Morgan fingerprint density at radius 1 is 1.65 bits per heavy atom. The first kappa shape index (κ1) is 13.7. The number of nitriles is 1. The van der Waals surface area contributed by atoms with Crippen molar-refractivity contribution in [1.82, 2.24) is 9.88 Å². The van der Waals surface area contributed by atoms with Crippen LogP contribution in [0.4, 0.5) is 0 Å². The standard InChI is InChI=1S/C11H13N3OS2/c1-15-10-5-9(6-13-7-10)8-14(11(16)17)4-2-3-12/h5-7H,2,4,8H2,1H3,(H,16,17). The number of rotatable bonds is 5. The van der Waals surface area contributed by atoms with Gasteiger partial charge in [-0.05, 0) is 11.6 Å². The van der Waals surface area contributed by atoms with Gasteiger partial charge in [-0.15, -0.1) is 12.6 Å². The van der Waals surface area contributed by atoms with E-state index in [1.807, 2.05) is 11.0 Å². The van der Waals surface area contributed by atoms with E-state index >= 15 is 0 Å². The molecule has 0 N–H and O–H groups in total. The first-order chi connectivity index (χ1) is 8.17. The van der Waals surface area contributed by atoms with Gasteiger partial charge >= 0.3 is 0 Å². The highest BCUT2D eigenvalue weighted by Gasteiger charge is 2.07. The van der Waals surface area contributed by atoms with Crippen molar-refractivity contribution < 1.29 is 4.74 Å². The van der Waals surface area contributed by atoms with Crippen molar-refractivity contribution in [3.8, 4) is 11.8 Å². The molecular formula is C11H13N3OS2. The summed E-state index contributed by atoms with van der Waals surface area (Å²) in [5.74, 6) is 0.702.